The van der Waals surface area contributed by atoms with Crippen molar-refractivity contribution in [2.24, 2.45) is 0 Å². The van der Waals surface area contributed by atoms with Crippen molar-refractivity contribution in [2.75, 3.05) is 13.1 Å². The van der Waals surface area contributed by atoms with Gasteiger partial charge in [-0.3, -0.25) is 4.90 Å². The first-order valence-electron chi connectivity index (χ1n) is 8.98. The molecule has 152 valence electrons. The molecule has 0 saturated carbocycles. The molecule has 1 unspecified atom stereocenters. The molecule has 7 nitrogen and oxygen atoms in total. The van der Waals surface area contributed by atoms with Gasteiger partial charge in [-0.2, -0.15) is 4.98 Å². The minimum Gasteiger partial charge on any atom is -0.334 e. The summed E-state index contributed by atoms with van der Waals surface area (Å²) >= 11 is 5.70. The first-order chi connectivity index (χ1) is 13.9. The summed E-state index contributed by atoms with van der Waals surface area (Å²) in [6.45, 7) is 1.65. The molecule has 1 aliphatic heterocycles. The second kappa shape index (κ2) is 8.19. The van der Waals surface area contributed by atoms with Gasteiger partial charge < -0.3 is 4.52 Å². The lowest BCUT2D eigenvalue weighted by molar-refractivity contribution is 0.307. The Bertz CT molecular complexity index is 1110. The Kier molecular flexibility index (Phi) is 5.64. The van der Waals surface area contributed by atoms with E-state index < -0.39 is 15.8 Å². The lowest BCUT2D eigenvalue weighted by atomic mass is 10.2. The molecule has 10 heteroatoms. The molecule has 0 spiro atoms. The number of sulfonamides is 1. The molecule has 1 saturated heterocycles. The Morgan fingerprint density at radius 1 is 1.24 bits per heavy atom. The molecule has 29 heavy (non-hydrogen) atoms. The lowest BCUT2D eigenvalue weighted by Gasteiger charge is -2.15. The van der Waals surface area contributed by atoms with Crippen LogP contribution in [-0.4, -0.2) is 42.6 Å². The monoisotopic (exact) mass is 436 g/mol. The number of rotatable bonds is 6. The number of hydrogen-bond donors (Lipinski definition) is 1. The molecule has 2 aromatic carbocycles. The fourth-order valence-corrected chi connectivity index (χ4v) is 4.75. The molecule has 0 bridgehead atoms. The van der Waals surface area contributed by atoms with Gasteiger partial charge in [-0.15, -0.1) is 0 Å². The predicted molar refractivity (Wildman–Crippen MR) is 105 cm³/mol. The van der Waals surface area contributed by atoms with Gasteiger partial charge >= 0.3 is 0 Å². The number of benzene rings is 2. The maximum atomic E-state index is 13.3. The molecule has 1 atom stereocenters. The summed E-state index contributed by atoms with van der Waals surface area (Å²) in [6, 6.07) is 12.5. The third-order valence-corrected chi connectivity index (χ3v) is 6.46. The zero-order valence-electron chi connectivity index (χ0n) is 15.3. The zero-order valence-corrected chi connectivity index (χ0v) is 16.8. The number of aromatic nitrogens is 2. The van der Waals surface area contributed by atoms with Gasteiger partial charge in [0.15, 0.2) is 5.82 Å². The van der Waals surface area contributed by atoms with Crippen LogP contribution in [0.3, 0.4) is 0 Å². The number of nitrogens with one attached hydrogen (secondary N) is 1. The summed E-state index contributed by atoms with van der Waals surface area (Å²) in [4.78, 5) is 6.38. The molecule has 4 rings (SSSR count). The van der Waals surface area contributed by atoms with Gasteiger partial charge in [0.05, 0.1) is 16.5 Å². The van der Waals surface area contributed by atoms with Crippen molar-refractivity contribution < 1.29 is 17.3 Å². The molecule has 3 aromatic rings. The van der Waals surface area contributed by atoms with Crippen LogP contribution in [0.5, 0.6) is 0 Å². The predicted octanol–water partition coefficient (Wildman–Crippen LogP) is 3.08. The fraction of sp³-hybridized carbons (Fsp3) is 0.263. The minimum atomic E-state index is -3.79. The van der Waals surface area contributed by atoms with Crippen LogP contribution >= 0.6 is 11.6 Å². The van der Waals surface area contributed by atoms with Crippen molar-refractivity contribution in [3.05, 3.63) is 65.2 Å². The summed E-state index contributed by atoms with van der Waals surface area (Å²) < 4.78 is 46.3. The molecule has 1 fully saturated rings. The maximum absolute atomic E-state index is 13.3. The Morgan fingerprint density at radius 2 is 2.03 bits per heavy atom. The molecular weight excluding hydrogens is 419 g/mol. The van der Waals surface area contributed by atoms with Crippen LogP contribution in [0.2, 0.25) is 5.02 Å². The van der Waals surface area contributed by atoms with Crippen molar-refractivity contribution >= 4 is 21.6 Å². The molecule has 1 aliphatic rings. The second-order valence-electron chi connectivity index (χ2n) is 6.80. The average Bonchev–Trinajstić information content (AvgIpc) is 3.34. The van der Waals surface area contributed by atoms with E-state index in [1.807, 2.05) is 35.2 Å². The smallest absolute Gasteiger partial charge is 0.257 e. The SMILES string of the molecule is O=S(=O)(NC1CCN(Cc2noc(-c3ccccc3)n2)C1)c1ccc(F)c(Cl)c1. The Hall–Kier alpha value is -2.33. The summed E-state index contributed by atoms with van der Waals surface area (Å²) in [6.07, 6.45) is 0.636. The third kappa shape index (κ3) is 4.64. The standard InChI is InChI=1S/C19H18ClFN4O3S/c20-16-10-15(6-7-17(16)21)29(26,27)24-14-8-9-25(11-14)12-18-22-19(28-23-18)13-4-2-1-3-5-13/h1-7,10,14,24H,8-9,11-12H2. The highest BCUT2D eigenvalue weighted by Gasteiger charge is 2.28. The summed E-state index contributed by atoms with van der Waals surface area (Å²) in [7, 11) is -3.79. The van der Waals surface area contributed by atoms with Gasteiger partial charge in [0.1, 0.15) is 5.82 Å². The van der Waals surface area contributed by atoms with Crippen LogP contribution in [0.15, 0.2) is 57.9 Å². The van der Waals surface area contributed by atoms with Crippen molar-refractivity contribution in [2.45, 2.75) is 23.9 Å². The molecule has 1 aromatic heterocycles. The van der Waals surface area contributed by atoms with E-state index in [1.165, 1.54) is 6.07 Å². The van der Waals surface area contributed by atoms with Crippen LogP contribution < -0.4 is 4.72 Å². The normalized spacial score (nSPS) is 17.7. The van der Waals surface area contributed by atoms with Crippen molar-refractivity contribution in [3.8, 4) is 11.5 Å². The van der Waals surface area contributed by atoms with E-state index in [9.17, 15) is 12.8 Å². The number of likely N-dealkylation sites (tertiary alicyclic amines) is 1. The van der Waals surface area contributed by atoms with Gasteiger partial charge in [0.25, 0.3) is 5.89 Å². The fourth-order valence-electron chi connectivity index (χ4n) is 3.22. The van der Waals surface area contributed by atoms with E-state index in [1.54, 1.807) is 0 Å². The summed E-state index contributed by atoms with van der Waals surface area (Å²) in [5.74, 6) is 0.329. The van der Waals surface area contributed by atoms with E-state index in [0.29, 0.717) is 37.8 Å². The van der Waals surface area contributed by atoms with Crippen LogP contribution in [0, 0.1) is 5.82 Å². The van der Waals surface area contributed by atoms with Gasteiger partial charge in [0, 0.05) is 24.7 Å². The molecular formula is C19H18ClFN4O3S. The van der Waals surface area contributed by atoms with Crippen molar-refractivity contribution in [1.82, 2.24) is 19.8 Å². The van der Waals surface area contributed by atoms with Gasteiger partial charge in [-0.25, -0.2) is 17.5 Å². The molecule has 0 aliphatic carbocycles. The quantitative estimate of drug-likeness (QED) is 0.638. The van der Waals surface area contributed by atoms with Crippen LogP contribution in [0.1, 0.15) is 12.2 Å². The molecule has 0 radical (unpaired) electrons. The molecule has 0 amide bonds. The summed E-state index contributed by atoms with van der Waals surface area (Å²) in [5, 5.41) is 3.78. The van der Waals surface area contributed by atoms with Gasteiger partial charge in [-0.05, 0) is 36.8 Å². The topological polar surface area (TPSA) is 88.3 Å². The Balaban J connectivity index is 1.37. The van der Waals surface area contributed by atoms with Crippen LogP contribution in [-0.2, 0) is 16.6 Å². The highest BCUT2D eigenvalue weighted by atomic mass is 35.5. The van der Waals surface area contributed by atoms with Crippen molar-refractivity contribution in [3.63, 3.8) is 0 Å². The Morgan fingerprint density at radius 3 is 2.79 bits per heavy atom. The van der Waals surface area contributed by atoms with Crippen LogP contribution in [0.4, 0.5) is 4.39 Å². The zero-order chi connectivity index (χ0) is 20.4. The third-order valence-electron chi connectivity index (χ3n) is 4.65. The second-order valence-corrected chi connectivity index (χ2v) is 8.92. The number of halogens is 2. The maximum Gasteiger partial charge on any atom is 0.257 e. The van der Waals surface area contributed by atoms with E-state index in [0.717, 1.165) is 17.7 Å². The first kappa shape index (κ1) is 20.0. The number of nitrogens with zero attached hydrogens (tertiary/aromatic N) is 3. The molecule has 1 N–H and O–H groups in total. The average molecular weight is 437 g/mol. The first-order valence-corrected chi connectivity index (χ1v) is 10.8. The van der Waals surface area contributed by atoms with E-state index >= 15 is 0 Å². The van der Waals surface area contributed by atoms with Crippen LogP contribution in [0.25, 0.3) is 11.5 Å². The van der Waals surface area contributed by atoms with Gasteiger partial charge in [-0.1, -0.05) is 35.0 Å². The Labute approximate surface area is 172 Å². The number of hydrogen-bond acceptors (Lipinski definition) is 6. The lowest BCUT2D eigenvalue weighted by Crippen LogP contribution is -2.37. The largest absolute Gasteiger partial charge is 0.334 e. The summed E-state index contributed by atoms with van der Waals surface area (Å²) in [5.41, 5.74) is 0.844. The van der Waals surface area contributed by atoms with Gasteiger partial charge in [0.2, 0.25) is 10.0 Å². The van der Waals surface area contributed by atoms with E-state index in [4.69, 9.17) is 16.1 Å². The highest BCUT2D eigenvalue weighted by molar-refractivity contribution is 7.89. The van der Waals surface area contributed by atoms with E-state index in [-0.39, 0.29) is 16.0 Å². The van der Waals surface area contributed by atoms with E-state index in [2.05, 4.69) is 14.9 Å². The molecule has 2 heterocycles. The van der Waals surface area contributed by atoms with Crippen molar-refractivity contribution in [1.29, 1.82) is 0 Å². The minimum absolute atomic E-state index is 0.0620. The highest BCUT2D eigenvalue weighted by Crippen LogP contribution is 2.22.